The van der Waals surface area contributed by atoms with E-state index >= 15 is 0 Å². The summed E-state index contributed by atoms with van der Waals surface area (Å²) >= 11 is 0. The maximum atomic E-state index is 13.8. The van der Waals surface area contributed by atoms with E-state index < -0.39 is 0 Å². The zero-order valence-corrected chi connectivity index (χ0v) is 11.2. The molecule has 0 bridgehead atoms. The van der Waals surface area contributed by atoms with Crippen LogP contribution in [0.2, 0.25) is 0 Å². The highest BCUT2D eigenvalue weighted by atomic mass is 19.1. The lowest BCUT2D eigenvalue weighted by atomic mass is 10.2. The van der Waals surface area contributed by atoms with Crippen molar-refractivity contribution in [2.24, 2.45) is 0 Å². The van der Waals surface area contributed by atoms with Crippen molar-refractivity contribution >= 4 is 5.69 Å². The quantitative estimate of drug-likeness (QED) is 0.890. The Morgan fingerprint density at radius 1 is 1.44 bits per heavy atom. The number of nitrogens with zero attached hydrogens (tertiary/aromatic N) is 1. The van der Waals surface area contributed by atoms with E-state index in [1.54, 1.807) is 19.2 Å². The van der Waals surface area contributed by atoms with Crippen molar-refractivity contribution in [2.75, 3.05) is 25.1 Å². The van der Waals surface area contributed by atoms with Crippen LogP contribution in [0, 0.1) is 5.82 Å². The highest BCUT2D eigenvalue weighted by Gasteiger charge is 2.24. The fraction of sp³-hybridized carbons (Fsp3) is 0.571. The van der Waals surface area contributed by atoms with Gasteiger partial charge in [-0.25, -0.2) is 4.39 Å². The van der Waals surface area contributed by atoms with Crippen molar-refractivity contribution < 1.29 is 9.13 Å². The summed E-state index contributed by atoms with van der Waals surface area (Å²) < 4.78 is 19.0. The standard InChI is InChI=1S/C14H21FN2O/c1-10(2)16-11-6-7-17(9-11)14-8-12(18-3)4-5-13(14)15/h4-5,8,10-11,16H,6-7,9H2,1-3H3. The summed E-state index contributed by atoms with van der Waals surface area (Å²) in [4.78, 5) is 2.08. The average Bonchev–Trinajstić information content (AvgIpc) is 2.77. The molecule has 18 heavy (non-hydrogen) atoms. The average molecular weight is 252 g/mol. The van der Waals surface area contributed by atoms with Gasteiger partial charge in [-0.05, 0) is 18.6 Å². The van der Waals surface area contributed by atoms with Gasteiger partial charge in [0.1, 0.15) is 11.6 Å². The predicted molar refractivity (Wildman–Crippen MR) is 71.8 cm³/mol. The Morgan fingerprint density at radius 2 is 2.22 bits per heavy atom. The summed E-state index contributed by atoms with van der Waals surface area (Å²) in [7, 11) is 1.60. The highest BCUT2D eigenvalue weighted by molar-refractivity contribution is 5.53. The Kier molecular flexibility index (Phi) is 4.07. The van der Waals surface area contributed by atoms with E-state index in [9.17, 15) is 4.39 Å². The summed E-state index contributed by atoms with van der Waals surface area (Å²) in [6.07, 6.45) is 1.05. The van der Waals surface area contributed by atoms with Crippen LogP contribution in [0.25, 0.3) is 0 Å². The first-order valence-corrected chi connectivity index (χ1v) is 6.44. The minimum atomic E-state index is -0.180. The van der Waals surface area contributed by atoms with E-state index in [2.05, 4.69) is 24.1 Å². The van der Waals surface area contributed by atoms with Crippen molar-refractivity contribution in [1.29, 1.82) is 0 Å². The van der Waals surface area contributed by atoms with Gasteiger partial charge >= 0.3 is 0 Å². The first kappa shape index (κ1) is 13.1. The number of nitrogens with one attached hydrogen (secondary N) is 1. The molecule has 2 rings (SSSR count). The largest absolute Gasteiger partial charge is 0.497 e. The van der Waals surface area contributed by atoms with Crippen LogP contribution in [0.3, 0.4) is 0 Å². The lowest BCUT2D eigenvalue weighted by Gasteiger charge is -2.21. The minimum absolute atomic E-state index is 0.180. The molecule has 0 amide bonds. The molecule has 1 aliphatic heterocycles. The molecule has 100 valence electrons. The zero-order valence-electron chi connectivity index (χ0n) is 11.2. The van der Waals surface area contributed by atoms with E-state index in [-0.39, 0.29) is 5.82 Å². The number of halogens is 1. The second-order valence-corrected chi connectivity index (χ2v) is 5.07. The molecule has 1 heterocycles. The van der Waals surface area contributed by atoms with Gasteiger partial charge in [-0.1, -0.05) is 13.8 Å². The predicted octanol–water partition coefficient (Wildman–Crippen LogP) is 2.41. The third-order valence-corrected chi connectivity index (χ3v) is 3.25. The SMILES string of the molecule is COc1ccc(F)c(N2CCC(NC(C)C)C2)c1. The van der Waals surface area contributed by atoms with Gasteiger partial charge in [-0.2, -0.15) is 0 Å². The van der Waals surface area contributed by atoms with Gasteiger partial charge in [-0.3, -0.25) is 0 Å². The Morgan fingerprint density at radius 3 is 2.89 bits per heavy atom. The van der Waals surface area contributed by atoms with E-state index in [1.807, 2.05) is 0 Å². The van der Waals surface area contributed by atoms with Gasteiger partial charge in [0.05, 0.1) is 12.8 Å². The van der Waals surface area contributed by atoms with E-state index in [0.29, 0.717) is 23.5 Å². The monoisotopic (exact) mass is 252 g/mol. The van der Waals surface area contributed by atoms with E-state index in [1.165, 1.54) is 6.07 Å². The third kappa shape index (κ3) is 2.93. The number of benzene rings is 1. The Bertz CT molecular complexity index is 409. The topological polar surface area (TPSA) is 24.5 Å². The second kappa shape index (κ2) is 5.57. The highest BCUT2D eigenvalue weighted by Crippen LogP contribution is 2.27. The lowest BCUT2D eigenvalue weighted by Crippen LogP contribution is -2.37. The van der Waals surface area contributed by atoms with E-state index in [4.69, 9.17) is 4.74 Å². The smallest absolute Gasteiger partial charge is 0.146 e. The molecule has 0 aromatic heterocycles. The van der Waals surface area contributed by atoms with Crippen LogP contribution < -0.4 is 15.0 Å². The molecule has 4 heteroatoms. The number of hydrogen-bond donors (Lipinski definition) is 1. The van der Waals surface area contributed by atoms with Crippen molar-refractivity contribution in [3.63, 3.8) is 0 Å². The number of anilines is 1. The number of ether oxygens (including phenoxy) is 1. The van der Waals surface area contributed by atoms with Crippen molar-refractivity contribution in [3.8, 4) is 5.75 Å². The summed E-state index contributed by atoms with van der Waals surface area (Å²) in [6, 6.07) is 5.80. The molecule has 1 unspecified atom stereocenters. The molecule has 0 aliphatic carbocycles. The summed E-state index contributed by atoms with van der Waals surface area (Å²) in [5, 5.41) is 3.49. The van der Waals surface area contributed by atoms with Crippen LogP contribution in [0.4, 0.5) is 10.1 Å². The van der Waals surface area contributed by atoms with Gasteiger partial charge in [-0.15, -0.1) is 0 Å². The molecule has 1 atom stereocenters. The number of hydrogen-bond acceptors (Lipinski definition) is 3. The maximum Gasteiger partial charge on any atom is 0.146 e. The zero-order chi connectivity index (χ0) is 13.1. The molecule has 1 aliphatic rings. The van der Waals surface area contributed by atoms with Crippen LogP contribution in [-0.4, -0.2) is 32.3 Å². The van der Waals surface area contributed by atoms with Crippen LogP contribution >= 0.6 is 0 Å². The molecular formula is C14H21FN2O. The van der Waals surface area contributed by atoms with Crippen molar-refractivity contribution in [3.05, 3.63) is 24.0 Å². The second-order valence-electron chi connectivity index (χ2n) is 5.07. The Hall–Kier alpha value is -1.29. The number of rotatable bonds is 4. The Labute approximate surface area is 108 Å². The summed E-state index contributed by atoms with van der Waals surface area (Å²) in [5.74, 6) is 0.521. The summed E-state index contributed by atoms with van der Waals surface area (Å²) in [6.45, 7) is 6.00. The molecule has 1 aromatic rings. The molecule has 0 saturated carbocycles. The van der Waals surface area contributed by atoms with Crippen molar-refractivity contribution in [2.45, 2.75) is 32.4 Å². The van der Waals surface area contributed by atoms with Gasteiger partial charge in [0, 0.05) is 31.2 Å². The van der Waals surface area contributed by atoms with Crippen molar-refractivity contribution in [1.82, 2.24) is 5.32 Å². The number of methoxy groups -OCH3 is 1. The molecule has 1 saturated heterocycles. The van der Waals surface area contributed by atoms with Gasteiger partial charge in [0.2, 0.25) is 0 Å². The molecule has 3 nitrogen and oxygen atoms in total. The van der Waals surface area contributed by atoms with Gasteiger partial charge < -0.3 is 15.0 Å². The van der Waals surface area contributed by atoms with Crippen LogP contribution in [-0.2, 0) is 0 Å². The molecule has 1 fully saturated rings. The van der Waals surface area contributed by atoms with Crippen LogP contribution in [0.5, 0.6) is 5.75 Å². The molecular weight excluding hydrogens is 231 g/mol. The third-order valence-electron chi connectivity index (χ3n) is 3.25. The fourth-order valence-corrected chi connectivity index (χ4v) is 2.45. The van der Waals surface area contributed by atoms with Gasteiger partial charge in [0.25, 0.3) is 0 Å². The summed E-state index contributed by atoms with van der Waals surface area (Å²) in [5.41, 5.74) is 0.641. The first-order valence-electron chi connectivity index (χ1n) is 6.44. The molecule has 1 N–H and O–H groups in total. The van der Waals surface area contributed by atoms with E-state index in [0.717, 1.165) is 19.5 Å². The molecule has 1 aromatic carbocycles. The fourth-order valence-electron chi connectivity index (χ4n) is 2.45. The van der Waals surface area contributed by atoms with Crippen LogP contribution in [0.1, 0.15) is 20.3 Å². The molecule has 0 spiro atoms. The maximum absolute atomic E-state index is 13.8. The van der Waals surface area contributed by atoms with Gasteiger partial charge in [0.15, 0.2) is 0 Å². The van der Waals surface area contributed by atoms with Crippen LogP contribution in [0.15, 0.2) is 18.2 Å². The lowest BCUT2D eigenvalue weighted by molar-refractivity contribution is 0.413. The normalized spacial score (nSPS) is 19.6. The molecule has 0 radical (unpaired) electrons. The Balaban J connectivity index is 2.08. The first-order chi connectivity index (χ1) is 8.60. The minimum Gasteiger partial charge on any atom is -0.497 e.